The lowest BCUT2D eigenvalue weighted by Gasteiger charge is -2.20. The molecule has 0 saturated heterocycles. The summed E-state index contributed by atoms with van der Waals surface area (Å²) in [6, 6.07) is 7.05. The second kappa shape index (κ2) is 5.97. The minimum absolute atomic E-state index is 0.138. The van der Waals surface area contributed by atoms with Gasteiger partial charge in [-0.2, -0.15) is 0 Å². The lowest BCUT2D eigenvalue weighted by Crippen LogP contribution is -2.32. The maximum atomic E-state index is 11.4. The monoisotopic (exact) mass is 225 g/mol. The summed E-state index contributed by atoms with van der Waals surface area (Å²) >= 11 is 0. The fourth-order valence-corrected chi connectivity index (χ4v) is 1.23. The van der Waals surface area contributed by atoms with Crippen LogP contribution in [0.3, 0.4) is 0 Å². The summed E-state index contributed by atoms with van der Waals surface area (Å²) in [6.07, 6.45) is -0.466. The van der Waals surface area contributed by atoms with Gasteiger partial charge in [0.05, 0.1) is 14.2 Å². The zero-order valence-electron chi connectivity index (χ0n) is 9.60. The van der Waals surface area contributed by atoms with Crippen LogP contribution in [0.5, 0.6) is 5.75 Å². The number of hydrogen-bond acceptors (Lipinski definition) is 4. The lowest BCUT2D eigenvalue weighted by atomic mass is 10.3. The van der Waals surface area contributed by atoms with Crippen LogP contribution in [-0.2, 0) is 9.47 Å². The van der Waals surface area contributed by atoms with Crippen LogP contribution in [0, 0.1) is 0 Å². The SMILES string of the molecule is COCN(C(=O)OC)c1ccc(OC)cc1. The zero-order valence-corrected chi connectivity index (χ0v) is 9.60. The number of benzene rings is 1. The summed E-state index contributed by atoms with van der Waals surface area (Å²) in [4.78, 5) is 12.8. The molecule has 1 aromatic carbocycles. The number of carbonyl (C=O) groups is 1. The highest BCUT2D eigenvalue weighted by Crippen LogP contribution is 2.19. The van der Waals surface area contributed by atoms with Crippen molar-refractivity contribution in [3.63, 3.8) is 0 Å². The van der Waals surface area contributed by atoms with E-state index in [-0.39, 0.29) is 6.73 Å². The van der Waals surface area contributed by atoms with Crippen molar-refractivity contribution in [2.24, 2.45) is 0 Å². The van der Waals surface area contributed by atoms with Crippen LogP contribution in [0.1, 0.15) is 0 Å². The smallest absolute Gasteiger partial charge is 0.415 e. The molecule has 16 heavy (non-hydrogen) atoms. The predicted octanol–water partition coefficient (Wildman–Crippen LogP) is 1.87. The van der Waals surface area contributed by atoms with Crippen molar-refractivity contribution >= 4 is 11.8 Å². The zero-order chi connectivity index (χ0) is 12.0. The summed E-state index contributed by atoms with van der Waals surface area (Å²) in [6.45, 7) is 0.138. The Morgan fingerprint density at radius 1 is 1.19 bits per heavy atom. The van der Waals surface area contributed by atoms with Crippen molar-refractivity contribution in [2.75, 3.05) is 33.0 Å². The minimum atomic E-state index is -0.466. The number of anilines is 1. The highest BCUT2D eigenvalue weighted by Gasteiger charge is 2.15. The van der Waals surface area contributed by atoms with Gasteiger partial charge in [-0.25, -0.2) is 4.79 Å². The first-order chi connectivity index (χ1) is 7.72. The summed E-state index contributed by atoms with van der Waals surface area (Å²) in [5, 5.41) is 0. The van der Waals surface area contributed by atoms with Crippen molar-refractivity contribution in [2.45, 2.75) is 0 Å². The molecule has 0 aromatic heterocycles. The van der Waals surface area contributed by atoms with Crippen LogP contribution >= 0.6 is 0 Å². The quantitative estimate of drug-likeness (QED) is 0.734. The molecule has 0 N–H and O–H groups in total. The van der Waals surface area contributed by atoms with Gasteiger partial charge in [0.2, 0.25) is 0 Å². The van der Waals surface area contributed by atoms with E-state index in [9.17, 15) is 4.79 Å². The molecule has 1 rings (SSSR count). The van der Waals surface area contributed by atoms with Gasteiger partial charge in [-0.05, 0) is 24.3 Å². The molecule has 0 heterocycles. The van der Waals surface area contributed by atoms with Crippen LogP contribution in [-0.4, -0.2) is 34.2 Å². The predicted molar refractivity (Wildman–Crippen MR) is 59.8 cm³/mol. The summed E-state index contributed by atoms with van der Waals surface area (Å²) < 4.78 is 14.6. The molecule has 1 amide bonds. The molecule has 1 aromatic rings. The molecule has 0 atom stereocenters. The first-order valence-electron chi connectivity index (χ1n) is 4.71. The minimum Gasteiger partial charge on any atom is -0.497 e. The number of rotatable bonds is 4. The Bertz CT molecular complexity index is 336. The summed E-state index contributed by atoms with van der Waals surface area (Å²) in [7, 11) is 4.43. The fourth-order valence-electron chi connectivity index (χ4n) is 1.23. The first kappa shape index (κ1) is 12.3. The van der Waals surface area contributed by atoms with Crippen molar-refractivity contribution in [1.82, 2.24) is 0 Å². The molecule has 0 fully saturated rings. The van der Waals surface area contributed by atoms with E-state index in [2.05, 4.69) is 4.74 Å². The molecule has 0 bridgehead atoms. The van der Waals surface area contributed by atoms with Gasteiger partial charge < -0.3 is 14.2 Å². The number of hydrogen-bond donors (Lipinski definition) is 0. The van der Waals surface area contributed by atoms with Crippen LogP contribution in [0.15, 0.2) is 24.3 Å². The maximum Gasteiger partial charge on any atom is 0.415 e. The van der Waals surface area contributed by atoms with Gasteiger partial charge in [-0.15, -0.1) is 0 Å². The van der Waals surface area contributed by atoms with Gasteiger partial charge >= 0.3 is 6.09 Å². The molecular formula is C11H15NO4. The molecule has 5 nitrogen and oxygen atoms in total. The normalized spacial score (nSPS) is 9.69. The largest absolute Gasteiger partial charge is 0.497 e. The van der Waals surface area contributed by atoms with Crippen LogP contribution in [0.4, 0.5) is 10.5 Å². The fraction of sp³-hybridized carbons (Fsp3) is 0.364. The second-order valence-corrected chi connectivity index (χ2v) is 3.01. The number of ether oxygens (including phenoxy) is 3. The van der Waals surface area contributed by atoms with E-state index in [4.69, 9.17) is 9.47 Å². The lowest BCUT2D eigenvalue weighted by molar-refractivity contribution is 0.153. The Hall–Kier alpha value is -1.75. The Morgan fingerprint density at radius 3 is 2.25 bits per heavy atom. The Kier molecular flexibility index (Phi) is 4.60. The van der Waals surface area contributed by atoms with Gasteiger partial charge in [-0.1, -0.05) is 0 Å². The number of carbonyl (C=O) groups excluding carboxylic acids is 1. The van der Waals surface area contributed by atoms with Crippen LogP contribution < -0.4 is 9.64 Å². The molecule has 0 unspecified atom stereocenters. The van der Waals surface area contributed by atoms with Gasteiger partial charge in [0, 0.05) is 12.8 Å². The Labute approximate surface area is 94.5 Å². The molecule has 0 spiro atoms. The third-order valence-electron chi connectivity index (χ3n) is 2.04. The Balaban J connectivity index is 2.87. The molecule has 88 valence electrons. The van der Waals surface area contributed by atoms with E-state index in [0.29, 0.717) is 5.69 Å². The molecule has 0 aliphatic heterocycles. The average molecular weight is 225 g/mol. The topological polar surface area (TPSA) is 48.0 Å². The van der Waals surface area contributed by atoms with Crippen LogP contribution in [0.25, 0.3) is 0 Å². The summed E-state index contributed by atoms with van der Waals surface area (Å²) in [5.41, 5.74) is 0.689. The van der Waals surface area contributed by atoms with E-state index in [0.717, 1.165) is 5.75 Å². The molecule has 0 aliphatic rings. The molecular weight excluding hydrogens is 210 g/mol. The molecule has 5 heteroatoms. The highest BCUT2D eigenvalue weighted by molar-refractivity contribution is 5.87. The van der Waals surface area contributed by atoms with Crippen molar-refractivity contribution in [3.8, 4) is 5.75 Å². The molecule has 0 saturated carbocycles. The van der Waals surface area contributed by atoms with E-state index < -0.39 is 6.09 Å². The molecule has 0 aliphatic carbocycles. The third kappa shape index (κ3) is 2.87. The van der Waals surface area contributed by atoms with Gasteiger partial charge in [0.25, 0.3) is 0 Å². The summed E-state index contributed by atoms with van der Waals surface area (Å²) in [5.74, 6) is 0.728. The highest BCUT2D eigenvalue weighted by atomic mass is 16.6. The number of nitrogens with zero attached hydrogens (tertiary/aromatic N) is 1. The average Bonchev–Trinajstić information content (AvgIpc) is 2.35. The first-order valence-corrected chi connectivity index (χ1v) is 4.71. The van der Waals surface area contributed by atoms with E-state index in [1.807, 2.05) is 0 Å². The van der Waals surface area contributed by atoms with Crippen molar-refractivity contribution in [1.29, 1.82) is 0 Å². The molecule has 0 radical (unpaired) electrons. The van der Waals surface area contributed by atoms with Gasteiger partial charge in [0.15, 0.2) is 0 Å². The van der Waals surface area contributed by atoms with E-state index in [1.165, 1.54) is 19.1 Å². The maximum absolute atomic E-state index is 11.4. The van der Waals surface area contributed by atoms with E-state index >= 15 is 0 Å². The number of amides is 1. The number of methoxy groups -OCH3 is 3. The van der Waals surface area contributed by atoms with E-state index in [1.54, 1.807) is 31.4 Å². The van der Waals surface area contributed by atoms with Crippen molar-refractivity contribution in [3.05, 3.63) is 24.3 Å². The standard InChI is InChI=1S/C11H15NO4/c1-14-8-12(11(13)16-3)9-4-6-10(15-2)7-5-9/h4-7H,8H2,1-3H3. The second-order valence-electron chi connectivity index (χ2n) is 3.01. The van der Waals surface area contributed by atoms with Gasteiger partial charge in [-0.3, -0.25) is 4.90 Å². The van der Waals surface area contributed by atoms with Crippen LogP contribution in [0.2, 0.25) is 0 Å². The Morgan fingerprint density at radius 2 is 1.81 bits per heavy atom. The van der Waals surface area contributed by atoms with Crippen molar-refractivity contribution < 1.29 is 19.0 Å². The third-order valence-corrected chi connectivity index (χ3v) is 2.04. The van der Waals surface area contributed by atoms with Gasteiger partial charge in [0.1, 0.15) is 12.5 Å².